The van der Waals surface area contributed by atoms with Gasteiger partial charge in [0.25, 0.3) is 0 Å². The topological polar surface area (TPSA) is 56.7 Å². The first kappa shape index (κ1) is 18.7. The van der Waals surface area contributed by atoms with Crippen molar-refractivity contribution in [2.75, 3.05) is 19.6 Å². The van der Waals surface area contributed by atoms with Gasteiger partial charge in [0.05, 0.1) is 12.1 Å². The molecule has 1 aliphatic rings. The van der Waals surface area contributed by atoms with Crippen molar-refractivity contribution in [3.8, 4) is 0 Å². The predicted molar refractivity (Wildman–Crippen MR) is 96.8 cm³/mol. The Morgan fingerprint density at radius 1 is 1.25 bits per heavy atom. The maximum absolute atomic E-state index is 13.5. The van der Waals surface area contributed by atoms with Crippen molar-refractivity contribution in [1.82, 2.24) is 10.6 Å². The molecule has 0 amide bonds. The van der Waals surface area contributed by atoms with E-state index >= 15 is 0 Å². The zero-order chi connectivity index (χ0) is 17.6. The minimum absolute atomic E-state index is 0.00407. The van der Waals surface area contributed by atoms with E-state index in [-0.39, 0.29) is 11.2 Å². The SMILES string of the molecule is CCNC(=NCC(O)(CC)CC)NCC1(c2cccc(F)c2)CC1. The number of benzene rings is 1. The van der Waals surface area contributed by atoms with E-state index in [4.69, 9.17) is 0 Å². The summed E-state index contributed by atoms with van der Waals surface area (Å²) in [7, 11) is 0. The number of guanidine groups is 1. The number of hydrogen-bond acceptors (Lipinski definition) is 2. The molecule has 1 fully saturated rings. The van der Waals surface area contributed by atoms with Crippen LogP contribution in [0, 0.1) is 5.82 Å². The molecule has 1 saturated carbocycles. The molecule has 1 aromatic carbocycles. The van der Waals surface area contributed by atoms with Crippen molar-refractivity contribution >= 4 is 5.96 Å². The Kier molecular flexibility index (Phi) is 6.21. The fourth-order valence-electron chi connectivity index (χ4n) is 2.83. The van der Waals surface area contributed by atoms with Crippen LogP contribution in [-0.2, 0) is 5.41 Å². The van der Waals surface area contributed by atoms with Crippen LogP contribution in [0.2, 0.25) is 0 Å². The second kappa shape index (κ2) is 7.97. The van der Waals surface area contributed by atoms with Gasteiger partial charge in [-0.05, 0) is 50.3 Å². The third-order valence-corrected chi connectivity index (χ3v) is 5.08. The Labute approximate surface area is 144 Å². The van der Waals surface area contributed by atoms with Gasteiger partial charge in [0, 0.05) is 18.5 Å². The zero-order valence-corrected chi connectivity index (χ0v) is 15.0. The lowest BCUT2D eigenvalue weighted by atomic mass is 9.96. The molecule has 0 atom stereocenters. The highest BCUT2D eigenvalue weighted by Gasteiger charge is 2.44. The van der Waals surface area contributed by atoms with Gasteiger partial charge in [-0.15, -0.1) is 0 Å². The van der Waals surface area contributed by atoms with Crippen molar-refractivity contribution in [1.29, 1.82) is 0 Å². The van der Waals surface area contributed by atoms with Gasteiger partial charge in [-0.1, -0.05) is 26.0 Å². The maximum atomic E-state index is 13.5. The second-order valence-electron chi connectivity index (χ2n) is 6.77. The van der Waals surface area contributed by atoms with Crippen LogP contribution < -0.4 is 10.6 Å². The molecule has 0 saturated heterocycles. The predicted octanol–water partition coefficient (Wildman–Crippen LogP) is 2.96. The maximum Gasteiger partial charge on any atom is 0.191 e. The zero-order valence-electron chi connectivity index (χ0n) is 15.0. The van der Waals surface area contributed by atoms with Gasteiger partial charge in [0.15, 0.2) is 5.96 Å². The van der Waals surface area contributed by atoms with Crippen LogP contribution in [0.5, 0.6) is 0 Å². The molecule has 1 aliphatic carbocycles. The van der Waals surface area contributed by atoms with Gasteiger partial charge < -0.3 is 15.7 Å². The molecule has 0 heterocycles. The molecule has 0 radical (unpaired) electrons. The largest absolute Gasteiger partial charge is 0.388 e. The molecule has 0 aliphatic heterocycles. The Morgan fingerprint density at radius 2 is 1.96 bits per heavy atom. The van der Waals surface area contributed by atoms with Gasteiger partial charge in [0.2, 0.25) is 0 Å². The molecule has 1 aromatic rings. The first-order valence-corrected chi connectivity index (χ1v) is 8.97. The van der Waals surface area contributed by atoms with Crippen LogP contribution in [0.4, 0.5) is 4.39 Å². The minimum atomic E-state index is -0.748. The van der Waals surface area contributed by atoms with Crippen molar-refractivity contribution in [3.05, 3.63) is 35.6 Å². The van der Waals surface area contributed by atoms with Crippen molar-refractivity contribution in [2.24, 2.45) is 4.99 Å². The monoisotopic (exact) mass is 335 g/mol. The minimum Gasteiger partial charge on any atom is -0.388 e. The molecule has 0 aromatic heterocycles. The van der Waals surface area contributed by atoms with Crippen LogP contribution in [0.25, 0.3) is 0 Å². The highest BCUT2D eigenvalue weighted by molar-refractivity contribution is 5.80. The van der Waals surface area contributed by atoms with E-state index in [1.54, 1.807) is 12.1 Å². The lowest BCUT2D eigenvalue weighted by Crippen LogP contribution is -2.42. The van der Waals surface area contributed by atoms with E-state index in [0.717, 1.165) is 31.5 Å². The van der Waals surface area contributed by atoms with Crippen LogP contribution in [-0.4, -0.2) is 36.3 Å². The molecule has 4 nitrogen and oxygen atoms in total. The Morgan fingerprint density at radius 3 is 2.50 bits per heavy atom. The molecule has 5 heteroatoms. The molecule has 24 heavy (non-hydrogen) atoms. The van der Waals surface area contributed by atoms with Crippen LogP contribution in [0.15, 0.2) is 29.3 Å². The molecule has 2 rings (SSSR count). The molecule has 0 unspecified atom stereocenters. The summed E-state index contributed by atoms with van der Waals surface area (Å²) in [5.41, 5.74) is 0.302. The summed E-state index contributed by atoms with van der Waals surface area (Å²) in [6.45, 7) is 7.82. The summed E-state index contributed by atoms with van der Waals surface area (Å²) in [5, 5.41) is 17.0. The highest BCUT2D eigenvalue weighted by atomic mass is 19.1. The second-order valence-corrected chi connectivity index (χ2v) is 6.77. The summed E-state index contributed by atoms with van der Waals surface area (Å²) >= 11 is 0. The van der Waals surface area contributed by atoms with E-state index in [1.165, 1.54) is 6.07 Å². The van der Waals surface area contributed by atoms with Crippen molar-refractivity contribution < 1.29 is 9.50 Å². The number of rotatable bonds is 8. The third kappa shape index (κ3) is 4.69. The first-order valence-electron chi connectivity index (χ1n) is 8.97. The van der Waals surface area contributed by atoms with E-state index < -0.39 is 5.60 Å². The lowest BCUT2D eigenvalue weighted by molar-refractivity contribution is 0.0418. The Balaban J connectivity index is 2.01. The van der Waals surface area contributed by atoms with E-state index in [0.29, 0.717) is 25.3 Å². The number of aliphatic imine (C=N–C) groups is 1. The summed E-state index contributed by atoms with van der Waals surface area (Å²) in [6, 6.07) is 6.88. The summed E-state index contributed by atoms with van der Waals surface area (Å²) < 4.78 is 13.5. The lowest BCUT2D eigenvalue weighted by Gasteiger charge is -2.24. The smallest absolute Gasteiger partial charge is 0.191 e. The van der Waals surface area contributed by atoms with Gasteiger partial charge in [-0.3, -0.25) is 4.99 Å². The average Bonchev–Trinajstić information content (AvgIpc) is 3.38. The van der Waals surface area contributed by atoms with Crippen LogP contribution >= 0.6 is 0 Å². The summed E-state index contributed by atoms with van der Waals surface area (Å²) in [5.74, 6) is 0.524. The molecule has 0 spiro atoms. The van der Waals surface area contributed by atoms with E-state index in [1.807, 2.05) is 26.8 Å². The fourth-order valence-corrected chi connectivity index (χ4v) is 2.83. The van der Waals surface area contributed by atoms with Crippen LogP contribution in [0.1, 0.15) is 52.0 Å². The summed E-state index contributed by atoms with van der Waals surface area (Å²) in [6.07, 6.45) is 3.46. The average molecular weight is 335 g/mol. The number of hydrogen-bond donors (Lipinski definition) is 3. The molecular weight excluding hydrogens is 305 g/mol. The Bertz CT molecular complexity index is 565. The third-order valence-electron chi connectivity index (χ3n) is 5.08. The molecular formula is C19H30FN3O. The number of aliphatic hydroxyl groups is 1. The van der Waals surface area contributed by atoms with Gasteiger partial charge >= 0.3 is 0 Å². The molecule has 0 bridgehead atoms. The van der Waals surface area contributed by atoms with Gasteiger partial charge in [-0.25, -0.2) is 4.39 Å². The quantitative estimate of drug-likeness (QED) is 0.506. The molecule has 134 valence electrons. The van der Waals surface area contributed by atoms with Crippen LogP contribution in [0.3, 0.4) is 0 Å². The van der Waals surface area contributed by atoms with Gasteiger partial charge in [-0.2, -0.15) is 0 Å². The standard InChI is InChI=1S/C19H30FN3O/c1-4-19(24,5-2)14-23-17(21-6-3)22-13-18(10-11-18)15-8-7-9-16(20)12-15/h7-9,12,24H,4-6,10-11,13-14H2,1-3H3,(H2,21,22,23). The number of nitrogens with one attached hydrogen (secondary N) is 2. The first-order chi connectivity index (χ1) is 11.5. The Hall–Kier alpha value is -1.62. The van der Waals surface area contributed by atoms with E-state index in [9.17, 15) is 9.50 Å². The molecule has 3 N–H and O–H groups in total. The number of halogens is 1. The summed E-state index contributed by atoms with van der Waals surface area (Å²) in [4.78, 5) is 4.54. The van der Waals surface area contributed by atoms with E-state index in [2.05, 4.69) is 15.6 Å². The van der Waals surface area contributed by atoms with Crippen molar-refractivity contribution in [3.63, 3.8) is 0 Å². The normalized spacial score (nSPS) is 16.8. The van der Waals surface area contributed by atoms with Gasteiger partial charge in [0.1, 0.15) is 5.82 Å². The fraction of sp³-hybridized carbons (Fsp3) is 0.632. The van der Waals surface area contributed by atoms with Crippen molar-refractivity contribution in [2.45, 2.75) is 57.5 Å². The number of nitrogens with zero attached hydrogens (tertiary/aromatic N) is 1. The highest BCUT2D eigenvalue weighted by Crippen LogP contribution is 2.47.